The Morgan fingerprint density at radius 2 is 2.07 bits per heavy atom. The van der Waals surface area contributed by atoms with E-state index in [0.717, 1.165) is 5.69 Å². The van der Waals surface area contributed by atoms with Crippen molar-refractivity contribution in [3.05, 3.63) is 97.8 Å². The fraction of sp³-hybridized carbons (Fsp3) is 0.0500. The van der Waals surface area contributed by atoms with Crippen LogP contribution in [0.1, 0.15) is 5.76 Å². The summed E-state index contributed by atoms with van der Waals surface area (Å²) in [4.78, 5) is 15.8. The van der Waals surface area contributed by atoms with Gasteiger partial charge in [0.25, 0.3) is 5.69 Å². The van der Waals surface area contributed by atoms with Gasteiger partial charge in [-0.2, -0.15) is 0 Å². The van der Waals surface area contributed by atoms with Gasteiger partial charge in [-0.05, 0) is 24.3 Å². The Bertz CT molecular complexity index is 1250. The summed E-state index contributed by atoms with van der Waals surface area (Å²) < 4.78 is 21.1. The summed E-state index contributed by atoms with van der Waals surface area (Å²) in [6, 6.07) is 14.3. The van der Waals surface area contributed by atoms with E-state index in [1.54, 1.807) is 30.5 Å². The van der Waals surface area contributed by atoms with Gasteiger partial charge in [0.2, 0.25) is 0 Å². The molecule has 6 nitrogen and oxygen atoms in total. The monoisotopic (exact) mass is 429 g/mol. The Morgan fingerprint density at radius 3 is 2.79 bits per heavy atom. The highest BCUT2D eigenvalue weighted by molar-refractivity contribution is 7.07. The van der Waals surface area contributed by atoms with E-state index in [1.165, 1.54) is 35.6 Å². The van der Waals surface area contributed by atoms with E-state index in [1.807, 2.05) is 16.0 Å². The number of thiazole rings is 1. The number of hydrogen-bond donors (Lipinski definition) is 0. The third kappa shape index (κ3) is 4.13. The minimum absolute atomic E-state index is 0.00323. The van der Waals surface area contributed by atoms with Gasteiger partial charge in [0.05, 0.1) is 34.1 Å². The lowest BCUT2D eigenvalue weighted by molar-refractivity contribution is -0.384. The summed E-state index contributed by atoms with van der Waals surface area (Å²) in [6.07, 6.45) is 1.57. The molecule has 0 aliphatic carbocycles. The van der Waals surface area contributed by atoms with Crippen LogP contribution in [-0.2, 0) is 6.54 Å². The zero-order chi connectivity index (χ0) is 20.4. The van der Waals surface area contributed by atoms with Crippen LogP contribution in [0.4, 0.5) is 15.8 Å². The molecule has 0 unspecified atom stereocenters. The molecule has 0 bridgehead atoms. The molecule has 0 aliphatic heterocycles. The van der Waals surface area contributed by atoms with E-state index in [9.17, 15) is 14.5 Å². The number of non-ortho nitro benzene ring substituents is 1. The molecule has 0 saturated carbocycles. The average Bonchev–Trinajstić information content (AvgIpc) is 3.36. The van der Waals surface area contributed by atoms with Gasteiger partial charge in [-0.25, -0.2) is 9.38 Å². The van der Waals surface area contributed by atoms with Crippen LogP contribution >= 0.6 is 22.9 Å². The topological polar surface area (TPSA) is 73.6 Å². The molecule has 9 heteroatoms. The highest BCUT2D eigenvalue weighted by Gasteiger charge is 2.14. The first kappa shape index (κ1) is 19.1. The Morgan fingerprint density at radius 1 is 1.21 bits per heavy atom. The Kier molecular flexibility index (Phi) is 5.28. The van der Waals surface area contributed by atoms with Crippen LogP contribution in [0.15, 0.2) is 75.7 Å². The van der Waals surface area contributed by atoms with Crippen LogP contribution in [0.3, 0.4) is 0 Å². The first-order chi connectivity index (χ1) is 14.0. The molecule has 2 heterocycles. The van der Waals surface area contributed by atoms with Crippen LogP contribution in [0, 0.1) is 15.9 Å². The number of aromatic nitrogens is 1. The van der Waals surface area contributed by atoms with Crippen molar-refractivity contribution in [2.75, 3.05) is 0 Å². The maximum absolute atomic E-state index is 13.8. The van der Waals surface area contributed by atoms with Crippen LogP contribution in [0.2, 0.25) is 5.02 Å². The molecule has 0 radical (unpaired) electrons. The molecule has 4 aromatic rings. The summed E-state index contributed by atoms with van der Waals surface area (Å²) in [7, 11) is 0. The third-order valence-corrected chi connectivity index (χ3v) is 5.34. The molecular weight excluding hydrogens is 417 g/mol. The highest BCUT2D eigenvalue weighted by Crippen LogP contribution is 2.26. The summed E-state index contributed by atoms with van der Waals surface area (Å²) in [5.41, 5.74) is 1.82. The van der Waals surface area contributed by atoms with Gasteiger partial charge in [-0.3, -0.25) is 10.1 Å². The first-order valence-electron chi connectivity index (χ1n) is 8.46. The van der Waals surface area contributed by atoms with Crippen molar-refractivity contribution in [1.29, 1.82) is 0 Å². The van der Waals surface area contributed by atoms with Crippen molar-refractivity contribution in [3.63, 3.8) is 0 Å². The molecule has 146 valence electrons. The van der Waals surface area contributed by atoms with E-state index in [2.05, 4.69) is 4.99 Å². The van der Waals surface area contributed by atoms with Crippen LogP contribution in [0.5, 0.6) is 0 Å². The van der Waals surface area contributed by atoms with E-state index in [0.29, 0.717) is 28.4 Å². The van der Waals surface area contributed by atoms with E-state index in [-0.39, 0.29) is 10.7 Å². The van der Waals surface area contributed by atoms with Crippen LogP contribution in [0.25, 0.3) is 11.3 Å². The normalized spacial score (nSPS) is 11.7. The zero-order valence-electron chi connectivity index (χ0n) is 14.8. The average molecular weight is 430 g/mol. The molecule has 0 spiro atoms. The predicted octanol–water partition coefficient (Wildman–Crippen LogP) is 5.79. The quantitative estimate of drug-likeness (QED) is 0.297. The van der Waals surface area contributed by atoms with Crippen molar-refractivity contribution in [3.8, 4) is 11.3 Å². The maximum Gasteiger partial charge on any atom is 0.270 e. The number of benzene rings is 2. The Labute approximate surface area is 173 Å². The SMILES string of the molecule is O=[N+]([O-])c1cccc(-c2csc(=Nc3ccc(Cl)c(F)c3)n2Cc2ccco2)c1. The summed E-state index contributed by atoms with van der Waals surface area (Å²) in [5, 5.41) is 13.0. The molecule has 29 heavy (non-hydrogen) atoms. The number of nitro benzene ring substituents is 1. The zero-order valence-corrected chi connectivity index (χ0v) is 16.4. The lowest BCUT2D eigenvalue weighted by atomic mass is 10.1. The molecular formula is C20H13ClFN3O3S. The third-order valence-electron chi connectivity index (χ3n) is 4.17. The minimum atomic E-state index is -0.555. The van der Waals surface area contributed by atoms with E-state index < -0.39 is 10.7 Å². The number of hydrogen-bond acceptors (Lipinski definition) is 5. The van der Waals surface area contributed by atoms with Crippen LogP contribution in [-0.4, -0.2) is 9.49 Å². The largest absolute Gasteiger partial charge is 0.467 e. The highest BCUT2D eigenvalue weighted by atomic mass is 35.5. The van der Waals surface area contributed by atoms with Gasteiger partial charge in [0.15, 0.2) is 4.80 Å². The second-order valence-electron chi connectivity index (χ2n) is 6.09. The second-order valence-corrected chi connectivity index (χ2v) is 7.33. The fourth-order valence-electron chi connectivity index (χ4n) is 2.80. The minimum Gasteiger partial charge on any atom is -0.467 e. The predicted molar refractivity (Wildman–Crippen MR) is 109 cm³/mol. The van der Waals surface area contributed by atoms with Gasteiger partial charge in [-0.1, -0.05) is 23.7 Å². The number of nitrogens with zero attached hydrogens (tertiary/aromatic N) is 3. The summed E-state index contributed by atoms with van der Waals surface area (Å²) in [6.45, 7) is 0.365. The number of nitro groups is 1. The smallest absolute Gasteiger partial charge is 0.270 e. The molecule has 0 aliphatic rings. The van der Waals surface area contributed by atoms with Gasteiger partial charge in [0.1, 0.15) is 11.6 Å². The first-order valence-corrected chi connectivity index (χ1v) is 9.72. The molecule has 2 aromatic carbocycles. The summed E-state index contributed by atoms with van der Waals surface area (Å²) in [5.74, 6) is 0.139. The van der Waals surface area contributed by atoms with Crippen molar-refractivity contribution < 1.29 is 13.7 Å². The molecule has 0 amide bonds. The molecule has 0 N–H and O–H groups in total. The lowest BCUT2D eigenvalue weighted by Gasteiger charge is -2.08. The van der Waals surface area contributed by atoms with Crippen molar-refractivity contribution in [2.45, 2.75) is 6.54 Å². The number of furan rings is 1. The standard InChI is InChI=1S/C20H13ClFN3O3S/c21-17-7-6-14(10-18(17)22)23-20-24(11-16-5-2-8-28-16)19(12-29-20)13-3-1-4-15(9-13)25(26)27/h1-10,12H,11H2. The maximum atomic E-state index is 13.8. The molecule has 0 atom stereocenters. The Balaban J connectivity index is 1.86. The van der Waals surface area contributed by atoms with Crippen LogP contribution < -0.4 is 4.80 Å². The molecule has 0 fully saturated rings. The van der Waals surface area contributed by atoms with E-state index >= 15 is 0 Å². The molecule has 0 saturated heterocycles. The van der Waals surface area contributed by atoms with Crippen molar-refractivity contribution in [2.24, 2.45) is 4.99 Å². The number of halogens is 2. The lowest BCUT2D eigenvalue weighted by Crippen LogP contribution is -2.16. The molecule has 2 aromatic heterocycles. The van der Waals surface area contributed by atoms with Gasteiger partial charge in [0, 0.05) is 29.1 Å². The van der Waals surface area contributed by atoms with Gasteiger partial charge in [-0.15, -0.1) is 11.3 Å². The van der Waals surface area contributed by atoms with Crippen molar-refractivity contribution >= 4 is 34.3 Å². The molecule has 4 rings (SSSR count). The van der Waals surface area contributed by atoms with Gasteiger partial charge >= 0.3 is 0 Å². The fourth-order valence-corrected chi connectivity index (χ4v) is 3.85. The van der Waals surface area contributed by atoms with Crippen molar-refractivity contribution in [1.82, 2.24) is 4.57 Å². The second kappa shape index (κ2) is 8.02. The Hall–Kier alpha value is -3.23. The summed E-state index contributed by atoms with van der Waals surface area (Å²) >= 11 is 7.09. The number of rotatable bonds is 5. The van der Waals surface area contributed by atoms with E-state index in [4.69, 9.17) is 16.0 Å². The van der Waals surface area contributed by atoms with Gasteiger partial charge < -0.3 is 8.98 Å².